The zero-order chi connectivity index (χ0) is 17.0. The quantitative estimate of drug-likeness (QED) is 0.758. The number of hydrogen-bond donors (Lipinski definition) is 2. The van der Waals surface area contributed by atoms with E-state index in [1.165, 1.54) is 4.79 Å². The standard InChI is InChI=1S/C15H14BrFN4O2S/c16-9-4-3-8-7-20(18-14(8)13(9)17)21-11(6-12(22)23)10-2-1-5-19(10)15(21)24/h3-4,7,15,24H,1-2,5-6H2,(H,22,23). The molecule has 6 nitrogen and oxygen atoms in total. The fourth-order valence-electron chi connectivity index (χ4n) is 3.35. The minimum Gasteiger partial charge on any atom is -0.481 e. The zero-order valence-corrected chi connectivity index (χ0v) is 15.0. The van der Waals surface area contributed by atoms with E-state index >= 15 is 0 Å². The summed E-state index contributed by atoms with van der Waals surface area (Å²) >= 11 is 7.79. The van der Waals surface area contributed by atoms with Gasteiger partial charge in [-0.15, -0.1) is 17.7 Å². The lowest BCUT2D eigenvalue weighted by molar-refractivity contribution is -0.136. The van der Waals surface area contributed by atoms with Crippen molar-refractivity contribution >= 4 is 45.4 Å². The average Bonchev–Trinajstić information content (AvgIpc) is 3.20. The molecule has 2 aliphatic heterocycles. The van der Waals surface area contributed by atoms with Crippen molar-refractivity contribution in [3.05, 3.63) is 40.0 Å². The van der Waals surface area contributed by atoms with E-state index in [0.29, 0.717) is 15.6 Å². The van der Waals surface area contributed by atoms with Gasteiger partial charge in [0.05, 0.1) is 22.8 Å². The fraction of sp³-hybridized carbons (Fsp3) is 0.333. The number of halogens is 2. The number of aromatic nitrogens is 2. The second-order valence-electron chi connectivity index (χ2n) is 5.80. The summed E-state index contributed by atoms with van der Waals surface area (Å²) < 4.78 is 14.6. The monoisotopic (exact) mass is 412 g/mol. The highest BCUT2D eigenvalue weighted by molar-refractivity contribution is 9.10. The molecule has 1 atom stereocenters. The van der Waals surface area contributed by atoms with Crippen LogP contribution in [0, 0.1) is 5.82 Å². The van der Waals surface area contributed by atoms with Crippen LogP contribution in [0.5, 0.6) is 0 Å². The maximum absolute atomic E-state index is 14.3. The largest absolute Gasteiger partial charge is 0.481 e. The molecule has 2 aromatic rings. The minimum atomic E-state index is -0.914. The van der Waals surface area contributed by atoms with E-state index in [1.54, 1.807) is 23.3 Å². The van der Waals surface area contributed by atoms with Crippen LogP contribution in [-0.2, 0) is 4.79 Å². The summed E-state index contributed by atoms with van der Waals surface area (Å²) in [6, 6.07) is 3.39. The second kappa shape index (κ2) is 5.66. The van der Waals surface area contributed by atoms with Crippen molar-refractivity contribution in [3.8, 4) is 0 Å². The Hall–Kier alpha value is -1.74. The number of carbonyl (C=O) groups is 1. The van der Waals surface area contributed by atoms with Crippen molar-refractivity contribution in [3.63, 3.8) is 0 Å². The van der Waals surface area contributed by atoms with Crippen LogP contribution in [0.15, 0.2) is 34.2 Å². The van der Waals surface area contributed by atoms with Crippen molar-refractivity contribution in [2.24, 2.45) is 0 Å². The predicted molar refractivity (Wildman–Crippen MR) is 93.6 cm³/mol. The molecule has 0 radical (unpaired) electrons. The SMILES string of the molecule is O=C(O)CC1=C2CCCN2C(S)N1n1cc2ccc(Br)c(F)c2n1. The van der Waals surface area contributed by atoms with Gasteiger partial charge in [0.25, 0.3) is 0 Å². The van der Waals surface area contributed by atoms with Gasteiger partial charge in [0, 0.05) is 17.6 Å². The number of rotatable bonds is 3. The normalized spacial score (nSPS) is 20.4. The van der Waals surface area contributed by atoms with Crippen LogP contribution < -0.4 is 5.01 Å². The Morgan fingerprint density at radius 3 is 3.04 bits per heavy atom. The van der Waals surface area contributed by atoms with Gasteiger partial charge in [-0.2, -0.15) is 4.79 Å². The Morgan fingerprint density at radius 1 is 1.50 bits per heavy atom. The Morgan fingerprint density at radius 2 is 2.29 bits per heavy atom. The third kappa shape index (κ3) is 2.29. The van der Waals surface area contributed by atoms with E-state index in [0.717, 1.165) is 25.1 Å². The van der Waals surface area contributed by atoms with Gasteiger partial charge in [0.15, 0.2) is 11.3 Å². The van der Waals surface area contributed by atoms with Crippen molar-refractivity contribution in [2.45, 2.75) is 24.8 Å². The van der Waals surface area contributed by atoms with E-state index in [9.17, 15) is 14.3 Å². The summed E-state index contributed by atoms with van der Waals surface area (Å²) in [5.41, 5.74) is 1.53. The Balaban J connectivity index is 1.83. The van der Waals surface area contributed by atoms with E-state index in [2.05, 4.69) is 38.6 Å². The van der Waals surface area contributed by atoms with Gasteiger partial charge < -0.3 is 10.0 Å². The topological polar surface area (TPSA) is 61.6 Å². The molecule has 1 N–H and O–H groups in total. The molecule has 1 unspecified atom stereocenters. The lowest BCUT2D eigenvalue weighted by atomic mass is 10.2. The van der Waals surface area contributed by atoms with Crippen LogP contribution in [0.3, 0.4) is 0 Å². The molecule has 24 heavy (non-hydrogen) atoms. The van der Waals surface area contributed by atoms with Crippen molar-refractivity contribution in [2.75, 3.05) is 11.6 Å². The molecule has 0 bridgehead atoms. The third-order valence-corrected chi connectivity index (χ3v) is 5.47. The number of aliphatic carboxylic acids is 1. The highest BCUT2D eigenvalue weighted by Gasteiger charge is 2.40. The van der Waals surface area contributed by atoms with Crippen LogP contribution in [0.4, 0.5) is 4.39 Å². The lowest BCUT2D eigenvalue weighted by Gasteiger charge is -2.29. The first-order chi connectivity index (χ1) is 11.5. The van der Waals surface area contributed by atoms with Crippen LogP contribution >= 0.6 is 28.6 Å². The van der Waals surface area contributed by atoms with Gasteiger partial charge in [-0.3, -0.25) is 4.79 Å². The van der Waals surface area contributed by atoms with Gasteiger partial charge in [0.2, 0.25) is 0 Å². The van der Waals surface area contributed by atoms with Gasteiger partial charge in [0.1, 0.15) is 5.52 Å². The third-order valence-electron chi connectivity index (χ3n) is 4.36. The zero-order valence-electron chi connectivity index (χ0n) is 12.5. The lowest BCUT2D eigenvalue weighted by Crippen LogP contribution is -2.43. The summed E-state index contributed by atoms with van der Waals surface area (Å²) in [4.78, 5) is 14.9. The smallest absolute Gasteiger partial charge is 0.309 e. The predicted octanol–water partition coefficient (Wildman–Crippen LogP) is 2.89. The summed E-state index contributed by atoms with van der Waals surface area (Å²) in [6.45, 7) is 0.823. The van der Waals surface area contributed by atoms with Crippen molar-refractivity contribution in [1.29, 1.82) is 0 Å². The molecule has 0 aliphatic carbocycles. The number of thiol groups is 1. The van der Waals surface area contributed by atoms with E-state index in [1.807, 2.05) is 0 Å². The summed E-state index contributed by atoms with van der Waals surface area (Å²) in [6.07, 6.45) is 3.37. The molecule has 2 aliphatic rings. The highest BCUT2D eigenvalue weighted by Crippen LogP contribution is 2.38. The van der Waals surface area contributed by atoms with Crippen molar-refractivity contribution in [1.82, 2.24) is 14.8 Å². The molecule has 1 fully saturated rings. The number of benzene rings is 1. The maximum Gasteiger partial charge on any atom is 0.309 e. The number of nitrogens with zero attached hydrogens (tertiary/aromatic N) is 4. The number of carboxylic acids is 1. The Labute approximate surface area is 151 Å². The summed E-state index contributed by atoms with van der Waals surface area (Å²) in [5.74, 6) is -1.35. The molecule has 0 amide bonds. The first kappa shape index (κ1) is 15.8. The van der Waals surface area contributed by atoms with E-state index < -0.39 is 11.8 Å². The number of fused-ring (bicyclic) bond motifs is 2. The molecule has 1 aromatic heterocycles. The van der Waals surface area contributed by atoms with Crippen LogP contribution in [-0.4, -0.2) is 37.9 Å². The van der Waals surface area contributed by atoms with E-state index in [-0.39, 0.29) is 17.4 Å². The molecule has 1 saturated heterocycles. The highest BCUT2D eigenvalue weighted by atomic mass is 79.9. The molecule has 9 heteroatoms. The van der Waals surface area contributed by atoms with Crippen LogP contribution in [0.25, 0.3) is 10.9 Å². The van der Waals surface area contributed by atoms with Crippen LogP contribution in [0.1, 0.15) is 19.3 Å². The molecule has 4 rings (SSSR count). The minimum absolute atomic E-state index is 0.120. The van der Waals surface area contributed by atoms with Gasteiger partial charge in [-0.05, 0) is 40.9 Å². The van der Waals surface area contributed by atoms with Crippen LogP contribution in [0.2, 0.25) is 0 Å². The molecular weight excluding hydrogens is 399 g/mol. The molecule has 0 spiro atoms. The summed E-state index contributed by atoms with van der Waals surface area (Å²) in [5, 5.41) is 16.0. The molecular formula is C15H14BrFN4O2S. The first-order valence-corrected chi connectivity index (χ1v) is 8.79. The van der Waals surface area contributed by atoms with E-state index in [4.69, 9.17) is 0 Å². The first-order valence-electron chi connectivity index (χ1n) is 7.49. The average molecular weight is 413 g/mol. The number of carboxylic acid groups (broad SMARTS) is 1. The summed E-state index contributed by atoms with van der Waals surface area (Å²) in [7, 11) is 0. The van der Waals surface area contributed by atoms with Crippen molar-refractivity contribution < 1.29 is 14.3 Å². The Kier molecular flexibility index (Phi) is 3.72. The molecule has 1 aromatic carbocycles. The molecule has 126 valence electrons. The fourth-order valence-corrected chi connectivity index (χ4v) is 4.17. The maximum atomic E-state index is 14.3. The number of hydrogen-bond acceptors (Lipinski definition) is 5. The van der Waals surface area contributed by atoms with Gasteiger partial charge in [-0.1, -0.05) is 0 Å². The molecule has 3 heterocycles. The van der Waals surface area contributed by atoms with Gasteiger partial charge in [-0.25, -0.2) is 9.40 Å². The second-order valence-corrected chi connectivity index (χ2v) is 7.12. The van der Waals surface area contributed by atoms with Gasteiger partial charge >= 0.3 is 5.97 Å². The Bertz CT molecular complexity index is 884. The number of allylic oxidation sites excluding steroid dienone is 1. The molecule has 0 saturated carbocycles.